The van der Waals surface area contributed by atoms with Crippen molar-refractivity contribution in [3.63, 3.8) is 0 Å². The van der Waals surface area contributed by atoms with E-state index in [1.165, 1.54) is 18.4 Å². The quantitative estimate of drug-likeness (QED) is 0.477. The summed E-state index contributed by atoms with van der Waals surface area (Å²) in [5, 5.41) is 8.93. The van der Waals surface area contributed by atoms with Crippen molar-refractivity contribution in [1.82, 2.24) is 0 Å². The van der Waals surface area contributed by atoms with Crippen molar-refractivity contribution in [1.29, 1.82) is 0 Å². The SMILES string of the molecule is CC(O)=C1CCCC1. The van der Waals surface area contributed by atoms with E-state index in [2.05, 4.69) is 0 Å². The van der Waals surface area contributed by atoms with Gasteiger partial charge in [-0.15, -0.1) is 0 Å². The van der Waals surface area contributed by atoms with Gasteiger partial charge in [-0.3, -0.25) is 0 Å². The van der Waals surface area contributed by atoms with E-state index < -0.39 is 0 Å². The molecular formula is C7H12O. The van der Waals surface area contributed by atoms with Crippen molar-refractivity contribution in [2.45, 2.75) is 32.6 Å². The molecule has 0 atom stereocenters. The molecule has 0 aromatic heterocycles. The van der Waals surface area contributed by atoms with Gasteiger partial charge in [-0.2, -0.15) is 0 Å². The monoisotopic (exact) mass is 112 g/mol. The number of rotatable bonds is 0. The number of aliphatic hydroxyl groups is 1. The zero-order valence-electron chi connectivity index (χ0n) is 5.28. The first kappa shape index (κ1) is 5.67. The predicted molar refractivity (Wildman–Crippen MR) is 33.8 cm³/mol. The van der Waals surface area contributed by atoms with E-state index in [4.69, 9.17) is 5.11 Å². The van der Waals surface area contributed by atoms with Gasteiger partial charge in [0.05, 0.1) is 5.76 Å². The lowest BCUT2D eigenvalue weighted by molar-refractivity contribution is 0.404. The van der Waals surface area contributed by atoms with Crippen LogP contribution in [0.3, 0.4) is 0 Å². The van der Waals surface area contributed by atoms with Gasteiger partial charge in [-0.1, -0.05) is 0 Å². The molecule has 0 bridgehead atoms. The maximum absolute atomic E-state index is 8.93. The third-order valence-corrected chi connectivity index (χ3v) is 1.72. The van der Waals surface area contributed by atoms with Crippen LogP contribution in [0.5, 0.6) is 0 Å². The largest absolute Gasteiger partial charge is 0.513 e. The Morgan fingerprint density at radius 3 is 2.12 bits per heavy atom. The molecule has 1 nitrogen and oxygen atoms in total. The molecule has 8 heavy (non-hydrogen) atoms. The molecule has 0 radical (unpaired) electrons. The summed E-state index contributed by atoms with van der Waals surface area (Å²) in [5.41, 5.74) is 1.27. The first-order chi connectivity index (χ1) is 3.80. The Kier molecular flexibility index (Phi) is 1.56. The molecule has 1 aliphatic rings. The topological polar surface area (TPSA) is 20.2 Å². The van der Waals surface area contributed by atoms with Crippen LogP contribution in [0.2, 0.25) is 0 Å². The van der Waals surface area contributed by atoms with Crippen LogP contribution in [0, 0.1) is 0 Å². The lowest BCUT2D eigenvalue weighted by Gasteiger charge is -1.94. The van der Waals surface area contributed by atoms with E-state index in [1.54, 1.807) is 6.92 Å². The normalized spacial score (nSPS) is 19.4. The Morgan fingerprint density at radius 1 is 1.38 bits per heavy atom. The molecule has 1 aliphatic carbocycles. The van der Waals surface area contributed by atoms with Crippen molar-refractivity contribution in [3.8, 4) is 0 Å². The van der Waals surface area contributed by atoms with E-state index in [1.807, 2.05) is 0 Å². The average molecular weight is 112 g/mol. The van der Waals surface area contributed by atoms with Crippen molar-refractivity contribution >= 4 is 0 Å². The number of allylic oxidation sites excluding steroid dienone is 2. The van der Waals surface area contributed by atoms with E-state index >= 15 is 0 Å². The second kappa shape index (κ2) is 2.21. The molecule has 1 fully saturated rings. The predicted octanol–water partition coefficient (Wildman–Crippen LogP) is 2.39. The zero-order chi connectivity index (χ0) is 5.98. The van der Waals surface area contributed by atoms with Crippen LogP contribution in [-0.2, 0) is 0 Å². The molecule has 1 saturated carbocycles. The Hall–Kier alpha value is -0.460. The molecule has 1 rings (SSSR count). The number of hydrogen-bond donors (Lipinski definition) is 1. The Bertz CT molecular complexity index is 102. The van der Waals surface area contributed by atoms with Gasteiger partial charge in [-0.25, -0.2) is 0 Å². The van der Waals surface area contributed by atoms with Crippen molar-refractivity contribution in [2.24, 2.45) is 0 Å². The second-order valence-corrected chi connectivity index (χ2v) is 2.40. The molecule has 0 amide bonds. The summed E-state index contributed by atoms with van der Waals surface area (Å²) in [6.45, 7) is 1.78. The molecule has 0 heterocycles. The molecule has 0 unspecified atom stereocenters. The van der Waals surface area contributed by atoms with Gasteiger partial charge < -0.3 is 5.11 Å². The first-order valence-electron chi connectivity index (χ1n) is 3.18. The molecule has 0 saturated heterocycles. The van der Waals surface area contributed by atoms with Gasteiger partial charge >= 0.3 is 0 Å². The highest BCUT2D eigenvalue weighted by molar-refractivity contribution is 5.08. The Morgan fingerprint density at radius 2 is 1.88 bits per heavy atom. The van der Waals surface area contributed by atoms with Crippen molar-refractivity contribution in [3.05, 3.63) is 11.3 Å². The molecule has 0 aromatic rings. The van der Waals surface area contributed by atoms with Crippen LogP contribution in [0.25, 0.3) is 0 Å². The van der Waals surface area contributed by atoms with Crippen LogP contribution in [0.1, 0.15) is 32.6 Å². The standard InChI is InChI=1S/C7H12O/c1-6(8)7-4-2-3-5-7/h8H,2-5H2,1H3. The van der Waals surface area contributed by atoms with Gasteiger partial charge in [0.1, 0.15) is 0 Å². The van der Waals surface area contributed by atoms with E-state index in [0.717, 1.165) is 12.8 Å². The fourth-order valence-electron chi connectivity index (χ4n) is 1.16. The molecule has 0 spiro atoms. The average Bonchev–Trinajstić information content (AvgIpc) is 2.12. The summed E-state index contributed by atoms with van der Waals surface area (Å²) in [5.74, 6) is 0.558. The minimum atomic E-state index is 0.558. The fourth-order valence-corrected chi connectivity index (χ4v) is 1.16. The van der Waals surface area contributed by atoms with E-state index in [-0.39, 0.29) is 0 Å². The zero-order valence-corrected chi connectivity index (χ0v) is 5.28. The maximum atomic E-state index is 8.93. The molecule has 1 heteroatoms. The lowest BCUT2D eigenvalue weighted by Crippen LogP contribution is -1.78. The molecule has 1 N–H and O–H groups in total. The lowest BCUT2D eigenvalue weighted by atomic mass is 10.2. The Balaban J connectivity index is 2.58. The van der Waals surface area contributed by atoms with Crippen LogP contribution >= 0.6 is 0 Å². The minimum absolute atomic E-state index is 0.558. The van der Waals surface area contributed by atoms with Gasteiger partial charge in [0.2, 0.25) is 0 Å². The van der Waals surface area contributed by atoms with Crippen LogP contribution < -0.4 is 0 Å². The molecular weight excluding hydrogens is 100 g/mol. The molecule has 0 aliphatic heterocycles. The van der Waals surface area contributed by atoms with Crippen LogP contribution in [-0.4, -0.2) is 5.11 Å². The highest BCUT2D eigenvalue weighted by Crippen LogP contribution is 2.25. The molecule has 46 valence electrons. The van der Waals surface area contributed by atoms with Gasteiger partial charge in [0.15, 0.2) is 0 Å². The summed E-state index contributed by atoms with van der Waals surface area (Å²) < 4.78 is 0. The summed E-state index contributed by atoms with van der Waals surface area (Å²) in [4.78, 5) is 0. The number of aliphatic hydroxyl groups excluding tert-OH is 1. The summed E-state index contributed by atoms with van der Waals surface area (Å²) in [7, 11) is 0. The smallest absolute Gasteiger partial charge is 0.0883 e. The van der Waals surface area contributed by atoms with Gasteiger partial charge in [0.25, 0.3) is 0 Å². The highest BCUT2D eigenvalue weighted by atomic mass is 16.3. The summed E-state index contributed by atoms with van der Waals surface area (Å²) >= 11 is 0. The van der Waals surface area contributed by atoms with Crippen LogP contribution in [0.4, 0.5) is 0 Å². The summed E-state index contributed by atoms with van der Waals surface area (Å²) in [6.07, 6.45) is 4.80. The minimum Gasteiger partial charge on any atom is -0.513 e. The van der Waals surface area contributed by atoms with Crippen LogP contribution in [0.15, 0.2) is 11.3 Å². The number of hydrogen-bond acceptors (Lipinski definition) is 1. The molecule has 0 aromatic carbocycles. The van der Waals surface area contributed by atoms with Gasteiger partial charge in [0, 0.05) is 0 Å². The maximum Gasteiger partial charge on any atom is 0.0883 e. The highest BCUT2D eigenvalue weighted by Gasteiger charge is 2.08. The first-order valence-corrected chi connectivity index (χ1v) is 3.18. The Labute approximate surface area is 50.0 Å². The third kappa shape index (κ3) is 1.03. The van der Waals surface area contributed by atoms with Crippen molar-refractivity contribution < 1.29 is 5.11 Å². The fraction of sp³-hybridized carbons (Fsp3) is 0.714. The second-order valence-electron chi connectivity index (χ2n) is 2.40. The van der Waals surface area contributed by atoms with Crippen molar-refractivity contribution in [2.75, 3.05) is 0 Å². The van der Waals surface area contributed by atoms with Gasteiger partial charge in [-0.05, 0) is 38.2 Å². The third-order valence-electron chi connectivity index (χ3n) is 1.72. The van der Waals surface area contributed by atoms with E-state index in [0.29, 0.717) is 5.76 Å². The summed E-state index contributed by atoms with van der Waals surface area (Å²) in [6, 6.07) is 0. The van der Waals surface area contributed by atoms with E-state index in [9.17, 15) is 0 Å².